The van der Waals surface area contributed by atoms with E-state index >= 15 is 0 Å². The third kappa shape index (κ3) is 3.65. The SMILES string of the molecule is O=[N+]([O-])/C=C/c1ccc(Sc2ccc(Cl)cc2)o1. The van der Waals surface area contributed by atoms with Crippen LogP contribution < -0.4 is 0 Å². The highest BCUT2D eigenvalue weighted by Gasteiger charge is 2.03. The van der Waals surface area contributed by atoms with Crippen molar-refractivity contribution >= 4 is 29.4 Å². The molecule has 0 bridgehead atoms. The molecule has 92 valence electrons. The molecule has 0 aliphatic carbocycles. The van der Waals surface area contributed by atoms with Gasteiger partial charge in [0.25, 0.3) is 0 Å². The van der Waals surface area contributed by atoms with Crippen LogP contribution in [-0.2, 0) is 0 Å². The standard InChI is InChI=1S/C12H8ClNO3S/c13-9-1-4-11(5-2-9)18-12-6-3-10(17-12)7-8-14(15)16/h1-8H/b8-7+. The average molecular weight is 282 g/mol. The average Bonchev–Trinajstić information content (AvgIpc) is 2.77. The van der Waals surface area contributed by atoms with Crippen LogP contribution in [0.5, 0.6) is 0 Å². The minimum Gasteiger partial charge on any atom is -0.450 e. The number of halogens is 1. The molecule has 0 atom stereocenters. The van der Waals surface area contributed by atoms with E-state index < -0.39 is 4.92 Å². The second-order valence-electron chi connectivity index (χ2n) is 3.31. The lowest BCUT2D eigenvalue weighted by Crippen LogP contribution is -1.80. The molecule has 18 heavy (non-hydrogen) atoms. The third-order valence-electron chi connectivity index (χ3n) is 1.99. The molecule has 6 heteroatoms. The van der Waals surface area contributed by atoms with Crippen LogP contribution in [0.1, 0.15) is 5.76 Å². The molecule has 1 heterocycles. The number of furan rings is 1. The summed E-state index contributed by atoms with van der Waals surface area (Å²) in [7, 11) is 0. The largest absolute Gasteiger partial charge is 0.450 e. The van der Waals surface area contributed by atoms with Gasteiger partial charge >= 0.3 is 0 Å². The lowest BCUT2D eigenvalue weighted by Gasteiger charge is -1.97. The molecule has 0 aliphatic rings. The summed E-state index contributed by atoms with van der Waals surface area (Å²) < 4.78 is 5.41. The zero-order valence-corrected chi connectivity index (χ0v) is 10.6. The lowest BCUT2D eigenvalue weighted by atomic mass is 10.4. The van der Waals surface area contributed by atoms with E-state index in [2.05, 4.69) is 0 Å². The van der Waals surface area contributed by atoms with Crippen LogP contribution in [0.3, 0.4) is 0 Å². The summed E-state index contributed by atoms with van der Waals surface area (Å²) in [6, 6.07) is 10.8. The van der Waals surface area contributed by atoms with Gasteiger partial charge in [-0.25, -0.2) is 0 Å². The van der Waals surface area contributed by atoms with Crippen molar-refractivity contribution < 1.29 is 9.34 Å². The van der Waals surface area contributed by atoms with Gasteiger partial charge in [-0.1, -0.05) is 23.4 Å². The summed E-state index contributed by atoms with van der Waals surface area (Å²) in [4.78, 5) is 10.6. The third-order valence-corrected chi connectivity index (χ3v) is 3.18. The minimum absolute atomic E-state index is 0.447. The Morgan fingerprint density at radius 2 is 1.94 bits per heavy atom. The van der Waals surface area contributed by atoms with Crippen molar-refractivity contribution in [3.05, 3.63) is 63.5 Å². The van der Waals surface area contributed by atoms with Crippen molar-refractivity contribution in [2.45, 2.75) is 9.99 Å². The Balaban J connectivity index is 2.06. The highest BCUT2D eigenvalue weighted by Crippen LogP contribution is 2.30. The van der Waals surface area contributed by atoms with Gasteiger partial charge in [0.15, 0.2) is 5.09 Å². The molecule has 0 aliphatic heterocycles. The van der Waals surface area contributed by atoms with Gasteiger partial charge in [-0.3, -0.25) is 10.1 Å². The van der Waals surface area contributed by atoms with E-state index in [4.69, 9.17) is 16.0 Å². The summed E-state index contributed by atoms with van der Waals surface area (Å²) in [5.41, 5.74) is 0. The number of rotatable bonds is 4. The Morgan fingerprint density at radius 1 is 1.22 bits per heavy atom. The Hall–Kier alpha value is -1.72. The maximum Gasteiger partial charge on any atom is 0.238 e. The molecule has 0 spiro atoms. The first-order valence-corrected chi connectivity index (χ1v) is 6.18. The van der Waals surface area contributed by atoms with Gasteiger partial charge < -0.3 is 4.42 Å². The Labute approximate surface area is 112 Å². The highest BCUT2D eigenvalue weighted by molar-refractivity contribution is 7.99. The van der Waals surface area contributed by atoms with E-state index in [0.29, 0.717) is 15.9 Å². The van der Waals surface area contributed by atoms with Crippen LogP contribution in [0.2, 0.25) is 5.02 Å². The summed E-state index contributed by atoms with van der Waals surface area (Å²) in [6.07, 6.45) is 2.15. The molecule has 0 radical (unpaired) electrons. The predicted octanol–water partition coefficient (Wildman–Crippen LogP) is 4.33. The fourth-order valence-corrected chi connectivity index (χ4v) is 2.14. The summed E-state index contributed by atoms with van der Waals surface area (Å²) in [6.45, 7) is 0. The van der Waals surface area contributed by atoms with E-state index in [0.717, 1.165) is 11.1 Å². The van der Waals surface area contributed by atoms with Crippen LogP contribution in [0.25, 0.3) is 6.08 Å². The maximum atomic E-state index is 10.2. The van der Waals surface area contributed by atoms with Crippen LogP contribution >= 0.6 is 23.4 Å². The van der Waals surface area contributed by atoms with E-state index in [1.807, 2.05) is 12.1 Å². The van der Waals surface area contributed by atoms with Gasteiger partial charge in [0.1, 0.15) is 5.76 Å². The molecule has 2 aromatic rings. The Bertz CT molecular complexity index is 577. The quantitative estimate of drug-likeness (QED) is 0.618. The van der Waals surface area contributed by atoms with Crippen molar-refractivity contribution in [2.24, 2.45) is 0 Å². The van der Waals surface area contributed by atoms with Gasteiger partial charge in [0, 0.05) is 9.92 Å². The van der Waals surface area contributed by atoms with Crippen molar-refractivity contribution in [1.82, 2.24) is 0 Å². The minimum atomic E-state index is -0.533. The molecule has 0 saturated heterocycles. The molecule has 0 fully saturated rings. The number of hydrogen-bond donors (Lipinski definition) is 0. The molecule has 4 nitrogen and oxygen atoms in total. The van der Waals surface area contributed by atoms with E-state index in [9.17, 15) is 10.1 Å². The smallest absolute Gasteiger partial charge is 0.238 e. The molecular formula is C12H8ClNO3S. The molecular weight excluding hydrogens is 274 g/mol. The van der Waals surface area contributed by atoms with Crippen molar-refractivity contribution in [3.63, 3.8) is 0 Å². The first kappa shape index (κ1) is 12.7. The van der Waals surface area contributed by atoms with Crippen molar-refractivity contribution in [2.75, 3.05) is 0 Å². The normalized spacial score (nSPS) is 10.9. The van der Waals surface area contributed by atoms with Crippen LogP contribution in [-0.4, -0.2) is 4.92 Å². The number of nitrogens with zero attached hydrogens (tertiary/aromatic N) is 1. The predicted molar refractivity (Wildman–Crippen MR) is 70.3 cm³/mol. The van der Waals surface area contributed by atoms with Crippen molar-refractivity contribution in [1.29, 1.82) is 0 Å². The van der Waals surface area contributed by atoms with Gasteiger partial charge in [-0.15, -0.1) is 0 Å². The zero-order valence-electron chi connectivity index (χ0n) is 9.08. The topological polar surface area (TPSA) is 56.3 Å². The van der Waals surface area contributed by atoms with Crippen LogP contribution in [0.4, 0.5) is 0 Å². The fourth-order valence-electron chi connectivity index (χ4n) is 1.23. The van der Waals surface area contributed by atoms with Crippen LogP contribution in [0, 0.1) is 10.1 Å². The first-order chi connectivity index (χ1) is 8.63. The van der Waals surface area contributed by atoms with Crippen molar-refractivity contribution in [3.8, 4) is 0 Å². The molecule has 0 saturated carbocycles. The van der Waals surface area contributed by atoms with E-state index in [-0.39, 0.29) is 0 Å². The molecule has 0 unspecified atom stereocenters. The Kier molecular flexibility index (Phi) is 4.07. The van der Waals surface area contributed by atoms with Gasteiger partial charge in [-0.2, -0.15) is 0 Å². The first-order valence-electron chi connectivity index (χ1n) is 4.98. The number of hydrogen-bond acceptors (Lipinski definition) is 4. The Morgan fingerprint density at radius 3 is 2.61 bits per heavy atom. The van der Waals surface area contributed by atoms with Crippen LogP contribution in [0.15, 0.2) is 57.0 Å². The monoisotopic (exact) mass is 281 g/mol. The van der Waals surface area contributed by atoms with Gasteiger partial charge in [0.2, 0.25) is 6.20 Å². The summed E-state index contributed by atoms with van der Waals surface area (Å²) >= 11 is 7.21. The number of benzene rings is 1. The molecule has 0 amide bonds. The molecule has 1 aromatic carbocycles. The highest BCUT2D eigenvalue weighted by atomic mass is 35.5. The zero-order chi connectivity index (χ0) is 13.0. The van der Waals surface area contributed by atoms with E-state index in [1.54, 1.807) is 24.3 Å². The summed E-state index contributed by atoms with van der Waals surface area (Å²) in [5, 5.41) is 11.5. The van der Waals surface area contributed by atoms with Gasteiger partial charge in [-0.05, 0) is 36.4 Å². The number of nitro groups is 1. The maximum absolute atomic E-state index is 10.2. The fraction of sp³-hybridized carbons (Fsp3) is 0. The van der Waals surface area contributed by atoms with E-state index in [1.165, 1.54) is 17.8 Å². The summed E-state index contributed by atoms with van der Waals surface area (Å²) in [5.74, 6) is 0.447. The second kappa shape index (κ2) is 5.75. The molecule has 1 aromatic heterocycles. The molecule has 2 rings (SSSR count). The lowest BCUT2D eigenvalue weighted by molar-refractivity contribution is -0.401. The second-order valence-corrected chi connectivity index (χ2v) is 4.83. The van der Waals surface area contributed by atoms with Gasteiger partial charge in [0.05, 0.1) is 11.0 Å². The molecule has 0 N–H and O–H groups in total.